The molecule has 1 aliphatic rings. The largest absolute Gasteiger partial charge is 0.480 e. The maximum atomic E-state index is 14.7. The van der Waals surface area contributed by atoms with Gasteiger partial charge in [-0.2, -0.15) is 0 Å². The average Bonchev–Trinajstić information content (AvgIpc) is 2.74. The maximum Gasteiger partial charge on any atom is 0.228 e. The van der Waals surface area contributed by atoms with Crippen molar-refractivity contribution in [3.8, 4) is 5.88 Å². The van der Waals surface area contributed by atoms with Gasteiger partial charge in [0.15, 0.2) is 5.84 Å². The number of pyridine rings is 1. The summed E-state index contributed by atoms with van der Waals surface area (Å²) in [5.41, 5.74) is 3.05. The van der Waals surface area contributed by atoms with Crippen LogP contribution in [0.2, 0.25) is 5.02 Å². The van der Waals surface area contributed by atoms with E-state index in [4.69, 9.17) is 16.3 Å². The van der Waals surface area contributed by atoms with Gasteiger partial charge in [-0.1, -0.05) is 11.6 Å². The second kappa shape index (κ2) is 9.69. The quantitative estimate of drug-likeness (QED) is 0.474. The standard InChI is InChI=1S/C21H19ClFN5OS/c1-12-16(7-13(10-24-2)20(25-3)27-12)17-9-15(5-6-18(17)23)28-30-19-8-14(22)11-26-21(19)29-4/h5-11,28H,2H2,1,3-4H3/b13-10-,25-20?. The number of methoxy groups -OCH3 is 1. The molecule has 0 bridgehead atoms. The van der Waals surface area contributed by atoms with Crippen LogP contribution >= 0.6 is 23.5 Å². The smallest absolute Gasteiger partial charge is 0.228 e. The van der Waals surface area contributed by atoms with Gasteiger partial charge >= 0.3 is 0 Å². The van der Waals surface area contributed by atoms with E-state index < -0.39 is 0 Å². The molecule has 3 rings (SSSR count). The van der Waals surface area contributed by atoms with E-state index in [1.807, 2.05) is 6.92 Å². The predicted octanol–water partition coefficient (Wildman–Crippen LogP) is 5.47. The Morgan fingerprint density at radius 3 is 2.83 bits per heavy atom. The molecule has 0 spiro atoms. The van der Waals surface area contributed by atoms with Crippen LogP contribution < -0.4 is 9.46 Å². The van der Waals surface area contributed by atoms with Crippen molar-refractivity contribution in [2.24, 2.45) is 15.0 Å². The number of halogens is 2. The lowest BCUT2D eigenvalue weighted by atomic mass is 9.95. The third-order valence-electron chi connectivity index (χ3n) is 4.18. The summed E-state index contributed by atoms with van der Waals surface area (Å²) in [4.78, 5) is 17.2. The molecule has 0 radical (unpaired) electrons. The van der Waals surface area contributed by atoms with Crippen LogP contribution in [0.25, 0.3) is 5.57 Å². The fraction of sp³-hybridized carbons (Fsp3) is 0.143. The highest BCUT2D eigenvalue weighted by molar-refractivity contribution is 8.00. The molecule has 9 heteroatoms. The second-order valence-corrected chi connectivity index (χ2v) is 7.41. The Hall–Kier alpha value is -2.97. The van der Waals surface area contributed by atoms with Crippen LogP contribution in [-0.2, 0) is 0 Å². The van der Waals surface area contributed by atoms with Gasteiger partial charge < -0.3 is 9.46 Å². The zero-order valence-corrected chi connectivity index (χ0v) is 18.2. The molecular weight excluding hydrogens is 425 g/mol. The average molecular weight is 444 g/mol. The number of amidine groups is 1. The fourth-order valence-electron chi connectivity index (χ4n) is 2.80. The van der Waals surface area contributed by atoms with Crippen molar-refractivity contribution in [1.82, 2.24) is 4.98 Å². The van der Waals surface area contributed by atoms with Crippen molar-refractivity contribution in [1.29, 1.82) is 0 Å². The molecule has 154 valence electrons. The van der Waals surface area contributed by atoms with Crippen LogP contribution in [0.5, 0.6) is 5.88 Å². The Morgan fingerprint density at radius 2 is 2.13 bits per heavy atom. The minimum absolute atomic E-state index is 0.365. The number of aliphatic imine (C=N–C) groups is 3. The summed E-state index contributed by atoms with van der Waals surface area (Å²) in [6, 6.07) is 6.50. The van der Waals surface area contributed by atoms with Crippen molar-refractivity contribution < 1.29 is 9.13 Å². The SMILES string of the molecule is C=N/C=C1/C=C(c2cc(NSc3cc(Cl)cnc3OC)ccc2F)C(C)=NC1=NC. The van der Waals surface area contributed by atoms with Crippen LogP contribution in [-0.4, -0.2) is 37.4 Å². The van der Waals surface area contributed by atoms with Crippen LogP contribution in [0, 0.1) is 5.82 Å². The van der Waals surface area contributed by atoms with E-state index >= 15 is 0 Å². The molecule has 1 aromatic carbocycles. The van der Waals surface area contributed by atoms with Gasteiger partial charge in [0.2, 0.25) is 5.88 Å². The molecule has 0 amide bonds. The summed E-state index contributed by atoms with van der Waals surface area (Å²) in [5, 5.41) is 0.489. The Morgan fingerprint density at radius 1 is 1.33 bits per heavy atom. The number of nitrogens with zero attached hydrogens (tertiary/aromatic N) is 4. The molecular formula is C21H19ClFN5OS. The number of rotatable bonds is 6. The lowest BCUT2D eigenvalue weighted by Gasteiger charge is -2.17. The molecule has 1 aromatic heterocycles. The van der Waals surface area contributed by atoms with E-state index in [1.165, 1.54) is 31.3 Å². The molecule has 0 aliphatic carbocycles. The van der Waals surface area contributed by atoms with Gasteiger partial charge in [-0.25, -0.2) is 14.4 Å². The predicted molar refractivity (Wildman–Crippen MR) is 124 cm³/mol. The first-order chi connectivity index (χ1) is 14.5. The first-order valence-electron chi connectivity index (χ1n) is 8.79. The molecule has 30 heavy (non-hydrogen) atoms. The molecule has 0 atom stereocenters. The highest BCUT2D eigenvalue weighted by Gasteiger charge is 2.19. The van der Waals surface area contributed by atoms with Gasteiger partial charge in [0, 0.05) is 47.6 Å². The number of ether oxygens (including phenoxy) is 1. The maximum absolute atomic E-state index is 14.7. The normalized spacial score (nSPS) is 16.3. The summed E-state index contributed by atoms with van der Waals surface area (Å²) in [7, 11) is 3.17. The van der Waals surface area contributed by atoms with E-state index in [1.54, 1.807) is 37.5 Å². The summed E-state index contributed by atoms with van der Waals surface area (Å²) < 4.78 is 23.1. The number of dihydropyridines is 1. The number of aromatic nitrogens is 1. The molecule has 2 heterocycles. The van der Waals surface area contributed by atoms with Crippen molar-refractivity contribution >= 4 is 53.1 Å². The Labute approximate surface area is 183 Å². The van der Waals surface area contributed by atoms with Gasteiger partial charge in [0.05, 0.1) is 17.0 Å². The van der Waals surface area contributed by atoms with E-state index in [0.29, 0.717) is 49.7 Å². The third-order valence-corrected chi connectivity index (χ3v) is 5.23. The Balaban J connectivity index is 1.93. The zero-order chi connectivity index (χ0) is 21.7. The molecule has 2 aromatic rings. The number of anilines is 1. The third kappa shape index (κ3) is 4.77. The topological polar surface area (TPSA) is 71.2 Å². The van der Waals surface area contributed by atoms with E-state index in [0.717, 1.165) is 0 Å². The molecule has 1 aliphatic heterocycles. The molecule has 6 nitrogen and oxygen atoms in total. The van der Waals surface area contributed by atoms with Gasteiger partial charge in [-0.05, 0) is 55.9 Å². The van der Waals surface area contributed by atoms with Crippen LogP contribution in [0.15, 0.2) is 68.2 Å². The van der Waals surface area contributed by atoms with Crippen molar-refractivity contribution in [2.45, 2.75) is 11.8 Å². The first kappa shape index (κ1) is 21.7. The first-order valence-corrected chi connectivity index (χ1v) is 9.99. The molecule has 0 fully saturated rings. The van der Waals surface area contributed by atoms with Gasteiger partial charge in [0.1, 0.15) is 5.82 Å². The van der Waals surface area contributed by atoms with Gasteiger partial charge in [-0.3, -0.25) is 9.98 Å². The van der Waals surface area contributed by atoms with Crippen LogP contribution in [0.3, 0.4) is 0 Å². The number of benzene rings is 1. The Kier molecular flexibility index (Phi) is 7.02. The zero-order valence-electron chi connectivity index (χ0n) is 16.6. The fourth-order valence-corrected chi connectivity index (χ4v) is 3.78. The number of nitrogens with one attached hydrogen (secondary N) is 1. The highest BCUT2D eigenvalue weighted by atomic mass is 35.5. The van der Waals surface area contributed by atoms with E-state index in [-0.39, 0.29) is 5.82 Å². The number of hydrogen-bond acceptors (Lipinski definition) is 6. The molecule has 0 unspecified atom stereocenters. The summed E-state index contributed by atoms with van der Waals surface area (Å²) in [6.45, 7) is 5.29. The minimum atomic E-state index is -0.365. The Bertz CT molecular complexity index is 1110. The van der Waals surface area contributed by atoms with Crippen molar-refractivity contribution in [3.63, 3.8) is 0 Å². The lowest BCUT2D eigenvalue weighted by Crippen LogP contribution is -2.12. The summed E-state index contributed by atoms with van der Waals surface area (Å²) in [6.07, 6.45) is 4.86. The molecule has 0 saturated heterocycles. The lowest BCUT2D eigenvalue weighted by molar-refractivity contribution is 0.387. The number of hydrogen-bond donors (Lipinski definition) is 1. The summed E-state index contributed by atoms with van der Waals surface area (Å²) in [5.74, 6) is 0.598. The molecule has 1 N–H and O–H groups in total. The van der Waals surface area contributed by atoms with Gasteiger partial charge in [-0.15, -0.1) is 0 Å². The molecule has 0 saturated carbocycles. The van der Waals surface area contributed by atoms with Crippen LogP contribution in [0.4, 0.5) is 10.1 Å². The van der Waals surface area contributed by atoms with Crippen molar-refractivity contribution in [3.05, 3.63) is 64.7 Å². The van der Waals surface area contributed by atoms with Crippen LogP contribution in [0.1, 0.15) is 12.5 Å². The number of allylic oxidation sites excluding steroid dienone is 1. The monoisotopic (exact) mass is 443 g/mol. The minimum Gasteiger partial charge on any atom is -0.480 e. The summed E-state index contributed by atoms with van der Waals surface area (Å²) >= 11 is 7.29. The van der Waals surface area contributed by atoms with Crippen molar-refractivity contribution in [2.75, 3.05) is 18.9 Å². The second-order valence-electron chi connectivity index (χ2n) is 6.13. The highest BCUT2D eigenvalue weighted by Crippen LogP contribution is 2.33. The van der Waals surface area contributed by atoms with Gasteiger partial charge in [0.25, 0.3) is 0 Å². The van der Waals surface area contributed by atoms with E-state index in [2.05, 4.69) is 31.4 Å². The van der Waals surface area contributed by atoms with E-state index in [9.17, 15) is 4.39 Å².